The highest BCUT2D eigenvalue weighted by Crippen LogP contribution is 2.03. The van der Waals surface area contributed by atoms with Gasteiger partial charge in [-0.3, -0.25) is 4.79 Å². The minimum absolute atomic E-state index is 0.0793. The van der Waals surface area contributed by atoms with Crippen LogP contribution in [0.15, 0.2) is 0 Å². The molecule has 0 aliphatic heterocycles. The fourth-order valence-electron chi connectivity index (χ4n) is 1.23. The molecule has 2 N–H and O–H groups in total. The number of amides is 1. The average molecular weight is 259 g/mol. The molecule has 0 aromatic carbocycles. The third-order valence-electron chi connectivity index (χ3n) is 2.01. The third-order valence-corrected chi connectivity index (χ3v) is 2.01. The van der Waals surface area contributed by atoms with E-state index in [0.717, 1.165) is 0 Å². The molecule has 0 heterocycles. The summed E-state index contributed by atoms with van der Waals surface area (Å²) >= 11 is 0. The van der Waals surface area contributed by atoms with Crippen molar-refractivity contribution in [1.29, 1.82) is 0 Å². The van der Waals surface area contributed by atoms with Crippen molar-refractivity contribution < 1.29 is 19.5 Å². The maximum atomic E-state index is 11.4. The first-order valence-electron chi connectivity index (χ1n) is 6.34. The molecule has 0 aliphatic rings. The minimum Gasteiger partial charge on any atom is -0.480 e. The van der Waals surface area contributed by atoms with Crippen molar-refractivity contribution in [2.75, 3.05) is 0 Å². The molecule has 0 bridgehead atoms. The number of Topliss-reactive ketones (excluding diaryl/α,β-unsaturated/α-hetero) is 1. The van der Waals surface area contributed by atoms with Crippen LogP contribution in [0, 0.1) is 5.92 Å². The van der Waals surface area contributed by atoms with E-state index in [9.17, 15) is 14.4 Å². The van der Waals surface area contributed by atoms with Crippen molar-refractivity contribution in [2.45, 2.75) is 59.9 Å². The predicted octanol–water partition coefficient (Wildman–Crippen LogP) is 2.00. The molecule has 5 heteroatoms. The van der Waals surface area contributed by atoms with E-state index in [2.05, 4.69) is 5.32 Å². The summed E-state index contributed by atoms with van der Waals surface area (Å²) in [5.41, 5.74) is 0. The van der Waals surface area contributed by atoms with Crippen LogP contribution >= 0.6 is 0 Å². The first kappa shape index (κ1) is 19.0. The zero-order valence-corrected chi connectivity index (χ0v) is 11.9. The van der Waals surface area contributed by atoms with Crippen molar-refractivity contribution in [2.24, 2.45) is 5.92 Å². The van der Waals surface area contributed by atoms with E-state index in [1.807, 2.05) is 27.7 Å². The predicted molar refractivity (Wildman–Crippen MR) is 70.3 cm³/mol. The van der Waals surface area contributed by atoms with Crippen LogP contribution < -0.4 is 5.32 Å². The average Bonchev–Trinajstić information content (AvgIpc) is 2.25. The minimum atomic E-state index is -1.10. The van der Waals surface area contributed by atoms with Gasteiger partial charge in [0.1, 0.15) is 11.8 Å². The van der Waals surface area contributed by atoms with Gasteiger partial charge in [0.2, 0.25) is 5.91 Å². The molecule has 1 amide bonds. The molecule has 106 valence electrons. The second kappa shape index (κ2) is 10.7. The number of ketones is 1. The van der Waals surface area contributed by atoms with Crippen LogP contribution in [0.25, 0.3) is 0 Å². The smallest absolute Gasteiger partial charge is 0.326 e. The van der Waals surface area contributed by atoms with Gasteiger partial charge in [-0.15, -0.1) is 0 Å². The maximum absolute atomic E-state index is 11.4. The molecule has 0 saturated carbocycles. The second-order valence-corrected chi connectivity index (χ2v) is 4.30. The van der Waals surface area contributed by atoms with Gasteiger partial charge >= 0.3 is 5.97 Å². The number of hydrogen-bond donors (Lipinski definition) is 2. The first-order valence-corrected chi connectivity index (χ1v) is 6.34. The highest BCUT2D eigenvalue weighted by Gasteiger charge is 2.20. The lowest BCUT2D eigenvalue weighted by atomic mass is 10.1. The molecule has 0 aromatic rings. The molecule has 0 fully saturated rings. The Balaban J connectivity index is 0. The highest BCUT2D eigenvalue weighted by molar-refractivity contribution is 5.84. The normalized spacial score (nSPS) is 11.2. The van der Waals surface area contributed by atoms with Gasteiger partial charge in [0.25, 0.3) is 0 Å². The Bertz CT molecular complexity index is 274. The summed E-state index contributed by atoms with van der Waals surface area (Å²) in [6, 6.07) is -0.963. The van der Waals surface area contributed by atoms with Crippen LogP contribution in [0.5, 0.6) is 0 Å². The number of carbonyl (C=O) groups is 3. The summed E-state index contributed by atoms with van der Waals surface area (Å²) in [4.78, 5) is 32.9. The van der Waals surface area contributed by atoms with E-state index in [0.29, 0.717) is 6.42 Å². The number of hydrogen-bond acceptors (Lipinski definition) is 3. The van der Waals surface area contributed by atoms with Crippen LogP contribution in [0.2, 0.25) is 0 Å². The van der Waals surface area contributed by atoms with Crippen molar-refractivity contribution in [3.63, 3.8) is 0 Å². The monoisotopic (exact) mass is 259 g/mol. The van der Waals surface area contributed by atoms with E-state index in [4.69, 9.17) is 5.11 Å². The van der Waals surface area contributed by atoms with Crippen LogP contribution in [-0.4, -0.2) is 28.8 Å². The summed E-state index contributed by atoms with van der Waals surface area (Å²) in [6.07, 6.45) is 0.608. The lowest BCUT2D eigenvalue weighted by Gasteiger charge is -2.14. The van der Waals surface area contributed by atoms with Crippen molar-refractivity contribution >= 4 is 17.7 Å². The van der Waals surface area contributed by atoms with Gasteiger partial charge in [-0.05, 0) is 19.3 Å². The summed E-state index contributed by atoms with van der Waals surface area (Å²) in [6.45, 7) is 9.16. The standard InChI is InChI=1S/C11H19NO4.C2H6/c1-7(2)6-10(14)12-9(11(15)16)5-4-8(3)13;1-2/h7,9H,4-6H2,1-3H3,(H,12,14)(H,15,16);1-2H3. The molecule has 0 rings (SSSR count). The van der Waals surface area contributed by atoms with Gasteiger partial charge in [0, 0.05) is 12.8 Å². The van der Waals surface area contributed by atoms with Crippen LogP contribution in [0.4, 0.5) is 0 Å². The number of carbonyl (C=O) groups excluding carboxylic acids is 2. The quantitative estimate of drug-likeness (QED) is 0.732. The van der Waals surface area contributed by atoms with Gasteiger partial charge in [0.15, 0.2) is 0 Å². The molecule has 0 aromatic heterocycles. The lowest BCUT2D eigenvalue weighted by Crippen LogP contribution is -2.41. The Kier molecular flexibility index (Phi) is 11.3. The first-order chi connectivity index (χ1) is 8.32. The van der Waals surface area contributed by atoms with E-state index >= 15 is 0 Å². The van der Waals surface area contributed by atoms with E-state index in [1.165, 1.54) is 6.92 Å². The number of carboxylic acid groups (broad SMARTS) is 1. The fourth-order valence-corrected chi connectivity index (χ4v) is 1.23. The van der Waals surface area contributed by atoms with Gasteiger partial charge in [0.05, 0.1) is 0 Å². The maximum Gasteiger partial charge on any atom is 0.326 e. The third kappa shape index (κ3) is 11.1. The summed E-state index contributed by atoms with van der Waals surface area (Å²) in [5, 5.41) is 11.3. The summed E-state index contributed by atoms with van der Waals surface area (Å²) in [5.74, 6) is -1.28. The molecule has 0 aliphatic carbocycles. The Hall–Kier alpha value is -1.39. The van der Waals surface area contributed by atoms with Crippen LogP contribution in [-0.2, 0) is 14.4 Å². The van der Waals surface area contributed by atoms with Crippen molar-refractivity contribution in [3.8, 4) is 0 Å². The number of nitrogens with one attached hydrogen (secondary N) is 1. The van der Waals surface area contributed by atoms with Gasteiger partial charge in [-0.1, -0.05) is 27.7 Å². The molecule has 0 spiro atoms. The van der Waals surface area contributed by atoms with Gasteiger partial charge < -0.3 is 15.2 Å². The largest absolute Gasteiger partial charge is 0.480 e. The molecular formula is C13H25NO4. The lowest BCUT2D eigenvalue weighted by molar-refractivity contribution is -0.142. The van der Waals surface area contributed by atoms with Crippen LogP contribution in [0.1, 0.15) is 53.9 Å². The molecule has 18 heavy (non-hydrogen) atoms. The SMILES string of the molecule is CC.CC(=O)CCC(NC(=O)CC(C)C)C(=O)O. The molecular weight excluding hydrogens is 234 g/mol. The molecule has 0 saturated heterocycles. The summed E-state index contributed by atoms with van der Waals surface area (Å²) in [7, 11) is 0. The Morgan fingerprint density at radius 2 is 1.67 bits per heavy atom. The topological polar surface area (TPSA) is 83.5 Å². The Morgan fingerprint density at radius 1 is 1.17 bits per heavy atom. The zero-order valence-electron chi connectivity index (χ0n) is 11.9. The number of carboxylic acids is 1. The summed E-state index contributed by atoms with van der Waals surface area (Å²) < 4.78 is 0. The van der Waals surface area contributed by atoms with E-state index in [-0.39, 0.29) is 30.4 Å². The van der Waals surface area contributed by atoms with E-state index in [1.54, 1.807) is 0 Å². The second-order valence-electron chi connectivity index (χ2n) is 4.30. The van der Waals surface area contributed by atoms with Gasteiger partial charge in [-0.2, -0.15) is 0 Å². The number of aliphatic carboxylic acids is 1. The Morgan fingerprint density at radius 3 is 2.00 bits per heavy atom. The molecule has 5 nitrogen and oxygen atoms in total. The van der Waals surface area contributed by atoms with E-state index < -0.39 is 12.0 Å². The highest BCUT2D eigenvalue weighted by atomic mass is 16.4. The molecule has 1 atom stereocenters. The fraction of sp³-hybridized carbons (Fsp3) is 0.769. The van der Waals surface area contributed by atoms with Crippen molar-refractivity contribution in [3.05, 3.63) is 0 Å². The van der Waals surface area contributed by atoms with Crippen molar-refractivity contribution in [1.82, 2.24) is 5.32 Å². The molecule has 0 radical (unpaired) electrons. The molecule has 1 unspecified atom stereocenters. The Labute approximate surface area is 109 Å². The number of rotatable bonds is 7. The van der Waals surface area contributed by atoms with Crippen LogP contribution in [0.3, 0.4) is 0 Å². The zero-order chi connectivity index (χ0) is 14.7. The van der Waals surface area contributed by atoms with Gasteiger partial charge in [-0.25, -0.2) is 4.79 Å².